The second kappa shape index (κ2) is 3.20. The molecule has 12 heavy (non-hydrogen) atoms. The number of ketones is 1. The molecule has 0 heterocycles. The summed E-state index contributed by atoms with van der Waals surface area (Å²) in [6, 6.07) is 0. The van der Waals surface area contributed by atoms with Crippen molar-refractivity contribution in [2.24, 2.45) is 17.8 Å². The van der Waals surface area contributed by atoms with Crippen LogP contribution < -0.4 is 0 Å². The number of carbonyl (C=O) groups excluding carboxylic acids is 1. The fourth-order valence-corrected chi connectivity index (χ4v) is 2.42. The van der Waals surface area contributed by atoms with Crippen LogP contribution in [0.4, 0.5) is 0 Å². The molecule has 0 aliphatic heterocycles. The van der Waals surface area contributed by atoms with Crippen molar-refractivity contribution < 1.29 is 4.79 Å². The van der Waals surface area contributed by atoms with Gasteiger partial charge in [0, 0.05) is 12.3 Å². The lowest BCUT2D eigenvalue weighted by Gasteiger charge is -2.06. The van der Waals surface area contributed by atoms with Crippen LogP contribution >= 0.6 is 0 Å². The van der Waals surface area contributed by atoms with Gasteiger partial charge in [-0.2, -0.15) is 0 Å². The van der Waals surface area contributed by atoms with E-state index in [0.717, 1.165) is 12.3 Å². The van der Waals surface area contributed by atoms with Gasteiger partial charge >= 0.3 is 0 Å². The summed E-state index contributed by atoms with van der Waals surface area (Å²) in [4.78, 5) is 11.6. The van der Waals surface area contributed by atoms with Crippen molar-refractivity contribution in [2.75, 3.05) is 0 Å². The number of Topliss-reactive ketones (excluding diaryl/α,β-unsaturated/α-hetero) is 1. The molecule has 0 aromatic carbocycles. The van der Waals surface area contributed by atoms with Crippen LogP contribution in [0.2, 0.25) is 0 Å². The second-order valence-electron chi connectivity index (χ2n) is 4.64. The predicted octanol–water partition coefficient (Wildman–Crippen LogP) is 2.79. The van der Waals surface area contributed by atoms with Crippen LogP contribution in [0.25, 0.3) is 0 Å². The van der Waals surface area contributed by atoms with Gasteiger partial charge in [0.15, 0.2) is 0 Å². The van der Waals surface area contributed by atoms with Crippen LogP contribution in [0.5, 0.6) is 0 Å². The fourth-order valence-electron chi connectivity index (χ4n) is 2.42. The lowest BCUT2D eigenvalue weighted by Crippen LogP contribution is -2.07. The average molecular weight is 166 g/mol. The van der Waals surface area contributed by atoms with Gasteiger partial charge in [-0.05, 0) is 18.3 Å². The zero-order valence-corrected chi connectivity index (χ0v) is 7.88. The van der Waals surface area contributed by atoms with E-state index < -0.39 is 0 Å². The molecule has 1 nitrogen and oxygen atoms in total. The van der Waals surface area contributed by atoms with Crippen molar-refractivity contribution in [2.45, 2.75) is 45.4 Å². The average Bonchev–Trinajstić information content (AvgIpc) is 2.58. The molecular formula is C11H18O. The highest BCUT2D eigenvalue weighted by Crippen LogP contribution is 2.41. The predicted molar refractivity (Wildman–Crippen MR) is 48.9 cm³/mol. The molecule has 2 atom stereocenters. The molecule has 0 bridgehead atoms. The Bertz CT molecular complexity index is 179. The maximum absolute atomic E-state index is 11.6. The zero-order valence-electron chi connectivity index (χ0n) is 7.88. The van der Waals surface area contributed by atoms with Gasteiger partial charge in [0.1, 0.15) is 5.78 Å². The molecule has 0 aromatic heterocycles. The number of rotatable bonds is 3. The molecule has 2 fully saturated rings. The molecule has 1 heteroatoms. The van der Waals surface area contributed by atoms with Crippen LogP contribution in [0.1, 0.15) is 45.4 Å². The highest BCUT2D eigenvalue weighted by Gasteiger charge is 2.39. The smallest absolute Gasteiger partial charge is 0.136 e. The van der Waals surface area contributed by atoms with Gasteiger partial charge in [-0.1, -0.05) is 32.6 Å². The topological polar surface area (TPSA) is 17.1 Å². The minimum absolute atomic E-state index is 0.464. The van der Waals surface area contributed by atoms with E-state index in [1.54, 1.807) is 0 Å². The lowest BCUT2D eigenvalue weighted by molar-refractivity contribution is -0.121. The molecule has 0 N–H and O–H groups in total. The summed E-state index contributed by atoms with van der Waals surface area (Å²) in [6.45, 7) is 2.19. The fraction of sp³-hybridized carbons (Fsp3) is 0.909. The summed E-state index contributed by atoms with van der Waals surface area (Å²) in [7, 11) is 0. The maximum atomic E-state index is 11.6. The van der Waals surface area contributed by atoms with Gasteiger partial charge in [0.05, 0.1) is 0 Å². The minimum atomic E-state index is 0.464. The zero-order chi connectivity index (χ0) is 8.55. The van der Waals surface area contributed by atoms with Crippen LogP contribution in [0.15, 0.2) is 0 Å². The van der Waals surface area contributed by atoms with Crippen LogP contribution in [0, 0.1) is 17.8 Å². The SMILES string of the molecule is CC1CC1C(=O)CC1CCCC1. The standard InChI is InChI=1S/C11H18O/c1-8-6-10(8)11(12)7-9-4-2-3-5-9/h8-10H,2-7H2,1H3. The first kappa shape index (κ1) is 8.28. The molecule has 68 valence electrons. The van der Waals surface area contributed by atoms with Crippen LogP contribution in [0.3, 0.4) is 0 Å². The van der Waals surface area contributed by atoms with Gasteiger partial charge in [-0.15, -0.1) is 0 Å². The van der Waals surface area contributed by atoms with E-state index in [4.69, 9.17) is 0 Å². The summed E-state index contributed by atoms with van der Waals surface area (Å²) >= 11 is 0. The molecular weight excluding hydrogens is 148 g/mol. The molecule has 2 aliphatic carbocycles. The van der Waals surface area contributed by atoms with E-state index in [1.165, 1.54) is 32.1 Å². The van der Waals surface area contributed by atoms with Gasteiger partial charge in [0.25, 0.3) is 0 Å². The molecule has 0 amide bonds. The first-order valence-electron chi connectivity index (χ1n) is 5.30. The number of hydrogen-bond acceptors (Lipinski definition) is 1. The van der Waals surface area contributed by atoms with E-state index >= 15 is 0 Å². The summed E-state index contributed by atoms with van der Waals surface area (Å²) in [5.74, 6) is 2.49. The monoisotopic (exact) mass is 166 g/mol. The van der Waals surface area contributed by atoms with Crippen molar-refractivity contribution >= 4 is 5.78 Å². The quantitative estimate of drug-likeness (QED) is 0.630. The summed E-state index contributed by atoms with van der Waals surface area (Å²) < 4.78 is 0. The second-order valence-corrected chi connectivity index (χ2v) is 4.64. The highest BCUT2D eigenvalue weighted by molar-refractivity contribution is 5.83. The van der Waals surface area contributed by atoms with E-state index in [1.807, 2.05) is 0 Å². The van der Waals surface area contributed by atoms with E-state index in [0.29, 0.717) is 17.6 Å². The highest BCUT2D eigenvalue weighted by atomic mass is 16.1. The summed E-state index contributed by atoms with van der Waals surface area (Å²) in [5, 5.41) is 0. The van der Waals surface area contributed by atoms with Crippen molar-refractivity contribution in [3.8, 4) is 0 Å². The number of carbonyl (C=O) groups is 1. The van der Waals surface area contributed by atoms with Crippen molar-refractivity contribution in [1.29, 1.82) is 0 Å². The van der Waals surface area contributed by atoms with Crippen molar-refractivity contribution in [3.63, 3.8) is 0 Å². The first-order chi connectivity index (χ1) is 5.77. The van der Waals surface area contributed by atoms with E-state index in [-0.39, 0.29) is 0 Å². The molecule has 0 radical (unpaired) electrons. The minimum Gasteiger partial charge on any atom is -0.299 e. The molecule has 2 saturated carbocycles. The van der Waals surface area contributed by atoms with Gasteiger partial charge in [-0.3, -0.25) is 4.79 Å². The first-order valence-corrected chi connectivity index (χ1v) is 5.30. The Morgan fingerprint density at radius 3 is 2.42 bits per heavy atom. The third-order valence-electron chi connectivity index (χ3n) is 3.49. The molecule has 0 saturated heterocycles. The number of hydrogen-bond donors (Lipinski definition) is 0. The Kier molecular flexibility index (Phi) is 2.20. The molecule has 2 unspecified atom stereocenters. The third-order valence-corrected chi connectivity index (χ3v) is 3.49. The Labute approximate surface area is 74.5 Å². The Balaban J connectivity index is 1.75. The van der Waals surface area contributed by atoms with E-state index in [9.17, 15) is 4.79 Å². The maximum Gasteiger partial charge on any atom is 0.136 e. The van der Waals surface area contributed by atoms with E-state index in [2.05, 4.69) is 6.92 Å². The lowest BCUT2D eigenvalue weighted by atomic mass is 9.98. The Morgan fingerprint density at radius 2 is 1.92 bits per heavy atom. The summed E-state index contributed by atoms with van der Waals surface area (Å²) in [5.41, 5.74) is 0. The van der Waals surface area contributed by atoms with Crippen molar-refractivity contribution in [1.82, 2.24) is 0 Å². The molecule has 0 spiro atoms. The van der Waals surface area contributed by atoms with Crippen LogP contribution in [-0.2, 0) is 4.79 Å². The Morgan fingerprint density at radius 1 is 1.33 bits per heavy atom. The van der Waals surface area contributed by atoms with Crippen molar-refractivity contribution in [3.05, 3.63) is 0 Å². The molecule has 2 aliphatic rings. The summed E-state index contributed by atoms with van der Waals surface area (Å²) in [6.07, 6.45) is 7.41. The van der Waals surface area contributed by atoms with Crippen LogP contribution in [-0.4, -0.2) is 5.78 Å². The normalized spacial score (nSPS) is 35.4. The van der Waals surface area contributed by atoms with Gasteiger partial charge < -0.3 is 0 Å². The molecule has 2 rings (SSSR count). The van der Waals surface area contributed by atoms with Gasteiger partial charge in [0.2, 0.25) is 0 Å². The Hall–Kier alpha value is -0.330. The van der Waals surface area contributed by atoms with Gasteiger partial charge in [-0.25, -0.2) is 0 Å². The largest absolute Gasteiger partial charge is 0.299 e. The molecule has 0 aromatic rings. The third kappa shape index (κ3) is 1.70.